The summed E-state index contributed by atoms with van der Waals surface area (Å²) in [6, 6.07) is 0. The van der Waals surface area contributed by atoms with Crippen LogP contribution < -0.4 is 5.32 Å². The summed E-state index contributed by atoms with van der Waals surface area (Å²) in [5, 5.41) is 11.8. The van der Waals surface area contributed by atoms with E-state index in [0.29, 0.717) is 18.2 Å². The minimum absolute atomic E-state index is 0.0432. The highest BCUT2D eigenvalue weighted by molar-refractivity contribution is 8.00. The molecule has 2 N–H and O–H groups in total. The van der Waals surface area contributed by atoms with Gasteiger partial charge in [0.2, 0.25) is 11.8 Å². The van der Waals surface area contributed by atoms with Crippen molar-refractivity contribution in [2.45, 2.75) is 19.3 Å². The van der Waals surface area contributed by atoms with Crippen molar-refractivity contribution >= 4 is 23.6 Å². The van der Waals surface area contributed by atoms with Crippen LogP contribution in [0.2, 0.25) is 0 Å². The quantitative estimate of drug-likeness (QED) is 0.692. The lowest BCUT2D eigenvalue weighted by Gasteiger charge is -2.17. The molecule has 1 saturated heterocycles. The Kier molecular flexibility index (Phi) is 3.93. The summed E-state index contributed by atoms with van der Waals surface area (Å²) in [5.74, 6) is 1.06. The van der Waals surface area contributed by atoms with Crippen molar-refractivity contribution in [3.05, 3.63) is 0 Å². The number of hydrogen-bond donors (Lipinski definition) is 2. The highest BCUT2D eigenvalue weighted by atomic mass is 32.2. The van der Waals surface area contributed by atoms with E-state index in [1.54, 1.807) is 4.90 Å². The minimum Gasteiger partial charge on any atom is -0.396 e. The third-order valence-corrected chi connectivity index (χ3v) is 4.36. The SMILES string of the molecule is O=C(CN1CSCC1=O)NCC1(CCO)CC1. The van der Waals surface area contributed by atoms with Crippen LogP contribution in [0.15, 0.2) is 0 Å². The zero-order chi connectivity index (χ0) is 12.3. The smallest absolute Gasteiger partial charge is 0.239 e. The summed E-state index contributed by atoms with van der Waals surface area (Å²) < 4.78 is 0. The molecular formula is C11H18N2O3S. The second-order valence-electron chi connectivity index (χ2n) is 4.82. The fourth-order valence-electron chi connectivity index (χ4n) is 1.98. The molecule has 1 aliphatic carbocycles. The summed E-state index contributed by atoms with van der Waals surface area (Å²) in [6.07, 6.45) is 2.91. The molecule has 2 aliphatic rings. The molecule has 2 rings (SSSR count). The fourth-order valence-corrected chi connectivity index (χ4v) is 2.89. The van der Waals surface area contributed by atoms with Crippen LogP contribution in [0, 0.1) is 5.41 Å². The second kappa shape index (κ2) is 5.27. The maximum absolute atomic E-state index is 11.6. The van der Waals surface area contributed by atoms with Crippen LogP contribution >= 0.6 is 11.8 Å². The number of nitrogens with zero attached hydrogens (tertiary/aromatic N) is 1. The van der Waals surface area contributed by atoms with E-state index in [-0.39, 0.29) is 30.4 Å². The Balaban J connectivity index is 1.69. The number of thioether (sulfide) groups is 1. The largest absolute Gasteiger partial charge is 0.396 e. The average Bonchev–Trinajstić information content (AvgIpc) is 2.95. The molecule has 5 nitrogen and oxygen atoms in total. The third kappa shape index (κ3) is 3.35. The third-order valence-electron chi connectivity index (χ3n) is 3.42. The first kappa shape index (κ1) is 12.7. The van der Waals surface area contributed by atoms with Gasteiger partial charge >= 0.3 is 0 Å². The molecule has 2 fully saturated rings. The Hall–Kier alpha value is -0.750. The Morgan fingerprint density at radius 1 is 1.53 bits per heavy atom. The zero-order valence-corrected chi connectivity index (χ0v) is 10.6. The molecule has 0 unspecified atom stereocenters. The van der Waals surface area contributed by atoms with Gasteiger partial charge in [-0.05, 0) is 24.7 Å². The Morgan fingerprint density at radius 3 is 2.82 bits per heavy atom. The maximum atomic E-state index is 11.6. The number of aliphatic hydroxyl groups excluding tert-OH is 1. The van der Waals surface area contributed by atoms with Crippen molar-refractivity contribution in [2.24, 2.45) is 5.41 Å². The van der Waals surface area contributed by atoms with E-state index in [1.807, 2.05) is 0 Å². The van der Waals surface area contributed by atoms with E-state index < -0.39 is 0 Å². The predicted molar refractivity (Wildman–Crippen MR) is 65.4 cm³/mol. The van der Waals surface area contributed by atoms with Crippen molar-refractivity contribution in [3.63, 3.8) is 0 Å². The van der Waals surface area contributed by atoms with Crippen molar-refractivity contribution in [1.82, 2.24) is 10.2 Å². The van der Waals surface area contributed by atoms with Gasteiger partial charge in [0.05, 0.1) is 11.6 Å². The molecule has 1 aliphatic heterocycles. The number of nitrogens with one attached hydrogen (secondary N) is 1. The first-order valence-corrected chi connectivity index (χ1v) is 7.04. The highest BCUT2D eigenvalue weighted by Crippen LogP contribution is 2.47. The molecule has 0 aromatic heterocycles. The van der Waals surface area contributed by atoms with Crippen LogP contribution in [-0.4, -0.2) is 53.1 Å². The van der Waals surface area contributed by atoms with Gasteiger partial charge in [0.1, 0.15) is 6.54 Å². The standard InChI is InChI=1S/C11H18N2O3S/c14-4-3-11(1-2-11)7-12-9(15)5-13-8-17-6-10(13)16/h14H,1-8H2,(H,12,15). The molecule has 2 amide bonds. The Labute approximate surface area is 105 Å². The summed E-state index contributed by atoms with van der Waals surface area (Å²) in [7, 11) is 0. The summed E-state index contributed by atoms with van der Waals surface area (Å²) in [6.45, 7) is 0.972. The van der Waals surface area contributed by atoms with Crippen LogP contribution in [-0.2, 0) is 9.59 Å². The van der Waals surface area contributed by atoms with Crippen LogP contribution in [0.1, 0.15) is 19.3 Å². The van der Waals surface area contributed by atoms with E-state index in [0.717, 1.165) is 19.3 Å². The number of carbonyl (C=O) groups is 2. The molecule has 0 atom stereocenters. The fraction of sp³-hybridized carbons (Fsp3) is 0.818. The van der Waals surface area contributed by atoms with Gasteiger partial charge in [-0.15, -0.1) is 11.8 Å². The Bertz CT molecular complexity index is 318. The van der Waals surface area contributed by atoms with Crippen molar-refractivity contribution < 1.29 is 14.7 Å². The molecule has 0 radical (unpaired) electrons. The molecule has 0 spiro atoms. The normalized spacial score (nSPS) is 21.7. The molecule has 1 saturated carbocycles. The summed E-state index contributed by atoms with van der Waals surface area (Å²) in [4.78, 5) is 24.5. The van der Waals surface area contributed by atoms with Gasteiger partial charge in [0, 0.05) is 13.2 Å². The van der Waals surface area contributed by atoms with Gasteiger partial charge in [-0.2, -0.15) is 0 Å². The molecule has 0 aromatic carbocycles. The summed E-state index contributed by atoms with van der Waals surface area (Å²) in [5.41, 5.74) is 0.133. The van der Waals surface area contributed by atoms with Crippen molar-refractivity contribution in [2.75, 3.05) is 31.3 Å². The number of hydrogen-bond acceptors (Lipinski definition) is 4. The molecule has 1 heterocycles. The summed E-state index contributed by atoms with van der Waals surface area (Å²) >= 11 is 1.54. The van der Waals surface area contributed by atoms with E-state index in [1.165, 1.54) is 11.8 Å². The molecule has 17 heavy (non-hydrogen) atoms. The molecule has 0 aromatic rings. The number of aliphatic hydroxyl groups is 1. The maximum Gasteiger partial charge on any atom is 0.239 e. The topological polar surface area (TPSA) is 69.6 Å². The van der Waals surface area contributed by atoms with Gasteiger partial charge in [-0.1, -0.05) is 0 Å². The van der Waals surface area contributed by atoms with E-state index in [2.05, 4.69) is 5.32 Å². The van der Waals surface area contributed by atoms with Gasteiger partial charge in [-0.25, -0.2) is 0 Å². The molecular weight excluding hydrogens is 240 g/mol. The first-order valence-electron chi connectivity index (χ1n) is 5.88. The van der Waals surface area contributed by atoms with Crippen LogP contribution in [0.3, 0.4) is 0 Å². The lowest BCUT2D eigenvalue weighted by Crippen LogP contribution is -2.40. The first-order chi connectivity index (χ1) is 8.15. The number of rotatable bonds is 6. The van der Waals surface area contributed by atoms with Crippen LogP contribution in [0.4, 0.5) is 0 Å². The second-order valence-corrected chi connectivity index (χ2v) is 5.77. The average molecular weight is 258 g/mol. The van der Waals surface area contributed by atoms with Crippen LogP contribution in [0.5, 0.6) is 0 Å². The minimum atomic E-state index is -0.0925. The predicted octanol–water partition coefficient (Wildman–Crippen LogP) is -0.202. The monoisotopic (exact) mass is 258 g/mol. The molecule has 6 heteroatoms. The van der Waals surface area contributed by atoms with Crippen LogP contribution in [0.25, 0.3) is 0 Å². The lowest BCUT2D eigenvalue weighted by atomic mass is 10.0. The van der Waals surface area contributed by atoms with E-state index >= 15 is 0 Å². The molecule has 0 bridgehead atoms. The van der Waals surface area contributed by atoms with Crippen molar-refractivity contribution in [3.8, 4) is 0 Å². The zero-order valence-electron chi connectivity index (χ0n) is 9.78. The van der Waals surface area contributed by atoms with E-state index in [4.69, 9.17) is 5.11 Å². The lowest BCUT2D eigenvalue weighted by molar-refractivity contribution is -0.132. The highest BCUT2D eigenvalue weighted by Gasteiger charge is 2.41. The Morgan fingerprint density at radius 2 is 2.29 bits per heavy atom. The number of amides is 2. The van der Waals surface area contributed by atoms with Crippen molar-refractivity contribution in [1.29, 1.82) is 0 Å². The van der Waals surface area contributed by atoms with Gasteiger partial charge < -0.3 is 15.3 Å². The van der Waals surface area contributed by atoms with E-state index in [9.17, 15) is 9.59 Å². The molecule has 96 valence electrons. The van der Waals surface area contributed by atoms with Gasteiger partial charge in [0.15, 0.2) is 0 Å². The number of carbonyl (C=O) groups excluding carboxylic acids is 2. The van der Waals surface area contributed by atoms with Gasteiger partial charge in [0.25, 0.3) is 0 Å². The van der Waals surface area contributed by atoms with Gasteiger partial charge in [-0.3, -0.25) is 9.59 Å².